The molecule has 1 aliphatic heterocycles. The number of anilines is 2. The molecular formula is C17H24N6S. The number of nitrogens with zero attached hydrogens (tertiary/aromatic N) is 6. The standard InChI is InChI=1S/C17H24N6S/c1-17(2,3)13-12-14(21-16(20-13)24-4)22-8-10-23(11-9-22)15-18-6-5-7-19-15/h5-7,12H,8-11H2,1-4H3. The van der Waals surface area contributed by atoms with Crippen LogP contribution in [-0.4, -0.2) is 52.4 Å². The maximum absolute atomic E-state index is 4.71. The van der Waals surface area contributed by atoms with Gasteiger partial charge in [-0.2, -0.15) is 0 Å². The van der Waals surface area contributed by atoms with Gasteiger partial charge < -0.3 is 9.80 Å². The summed E-state index contributed by atoms with van der Waals surface area (Å²) in [6, 6.07) is 3.98. The van der Waals surface area contributed by atoms with Crippen LogP contribution in [0.15, 0.2) is 29.7 Å². The van der Waals surface area contributed by atoms with E-state index in [1.807, 2.05) is 12.3 Å². The maximum atomic E-state index is 4.71. The van der Waals surface area contributed by atoms with Crippen LogP contribution in [0.5, 0.6) is 0 Å². The van der Waals surface area contributed by atoms with E-state index in [-0.39, 0.29) is 5.41 Å². The van der Waals surface area contributed by atoms with Crippen molar-refractivity contribution in [1.29, 1.82) is 0 Å². The zero-order chi connectivity index (χ0) is 17.2. The molecule has 0 saturated carbocycles. The Bertz CT molecular complexity index is 677. The first-order chi connectivity index (χ1) is 11.5. The number of aromatic nitrogens is 4. The van der Waals surface area contributed by atoms with Gasteiger partial charge in [0.25, 0.3) is 0 Å². The first kappa shape index (κ1) is 17.0. The molecule has 6 nitrogen and oxygen atoms in total. The molecule has 0 bridgehead atoms. The molecule has 0 N–H and O–H groups in total. The fourth-order valence-electron chi connectivity index (χ4n) is 2.64. The summed E-state index contributed by atoms with van der Waals surface area (Å²) in [5.74, 6) is 1.83. The average Bonchev–Trinajstić information content (AvgIpc) is 2.61. The molecule has 3 heterocycles. The van der Waals surface area contributed by atoms with Crippen LogP contribution in [0.25, 0.3) is 0 Å². The summed E-state index contributed by atoms with van der Waals surface area (Å²) in [5.41, 5.74) is 1.10. The quantitative estimate of drug-likeness (QED) is 0.626. The second kappa shape index (κ2) is 6.93. The number of hydrogen-bond acceptors (Lipinski definition) is 7. The van der Waals surface area contributed by atoms with Gasteiger partial charge in [0, 0.05) is 50.1 Å². The van der Waals surface area contributed by atoms with E-state index in [0.717, 1.165) is 48.8 Å². The van der Waals surface area contributed by atoms with Gasteiger partial charge in [0.15, 0.2) is 5.16 Å². The largest absolute Gasteiger partial charge is 0.353 e. The molecule has 1 aliphatic rings. The van der Waals surface area contributed by atoms with E-state index in [0.29, 0.717) is 0 Å². The smallest absolute Gasteiger partial charge is 0.225 e. The minimum absolute atomic E-state index is 0.0157. The number of thioether (sulfide) groups is 1. The van der Waals surface area contributed by atoms with Crippen LogP contribution in [0.1, 0.15) is 26.5 Å². The van der Waals surface area contributed by atoms with Crippen molar-refractivity contribution in [2.24, 2.45) is 0 Å². The molecular weight excluding hydrogens is 320 g/mol. The Hall–Kier alpha value is -1.89. The summed E-state index contributed by atoms with van der Waals surface area (Å²) in [4.78, 5) is 22.6. The van der Waals surface area contributed by atoms with E-state index >= 15 is 0 Å². The Labute approximate surface area is 147 Å². The minimum atomic E-state index is 0.0157. The molecule has 0 aliphatic carbocycles. The van der Waals surface area contributed by atoms with Gasteiger partial charge in [-0.3, -0.25) is 0 Å². The van der Waals surface area contributed by atoms with E-state index < -0.39 is 0 Å². The Balaban J connectivity index is 1.76. The summed E-state index contributed by atoms with van der Waals surface area (Å²) < 4.78 is 0. The lowest BCUT2D eigenvalue weighted by molar-refractivity contribution is 0.555. The second-order valence-corrected chi connectivity index (χ2v) is 7.64. The summed E-state index contributed by atoms with van der Waals surface area (Å²) in [6.07, 6.45) is 5.61. The van der Waals surface area contributed by atoms with Gasteiger partial charge in [-0.1, -0.05) is 32.5 Å². The van der Waals surface area contributed by atoms with E-state index in [2.05, 4.69) is 51.6 Å². The molecule has 1 fully saturated rings. The first-order valence-electron chi connectivity index (χ1n) is 8.18. The third-order valence-corrected chi connectivity index (χ3v) is 4.63. The summed E-state index contributed by atoms with van der Waals surface area (Å²) in [6.45, 7) is 10.2. The van der Waals surface area contributed by atoms with Gasteiger partial charge in [0.05, 0.1) is 5.69 Å². The van der Waals surface area contributed by atoms with Crippen LogP contribution in [0.2, 0.25) is 0 Å². The lowest BCUT2D eigenvalue weighted by Crippen LogP contribution is -2.47. The van der Waals surface area contributed by atoms with Crippen LogP contribution in [0.4, 0.5) is 11.8 Å². The van der Waals surface area contributed by atoms with Gasteiger partial charge in [-0.05, 0) is 12.3 Å². The molecule has 0 amide bonds. The molecule has 0 aromatic carbocycles. The van der Waals surface area contributed by atoms with Crippen LogP contribution >= 0.6 is 11.8 Å². The van der Waals surface area contributed by atoms with Crippen LogP contribution < -0.4 is 9.80 Å². The number of piperazine rings is 1. The van der Waals surface area contributed by atoms with Crippen molar-refractivity contribution in [2.75, 3.05) is 42.2 Å². The maximum Gasteiger partial charge on any atom is 0.225 e. The van der Waals surface area contributed by atoms with Crippen LogP contribution in [0, 0.1) is 0 Å². The highest BCUT2D eigenvalue weighted by Gasteiger charge is 2.23. The van der Waals surface area contributed by atoms with Crippen molar-refractivity contribution in [3.05, 3.63) is 30.2 Å². The summed E-state index contributed by atoms with van der Waals surface area (Å²) in [7, 11) is 0. The van der Waals surface area contributed by atoms with E-state index in [4.69, 9.17) is 4.98 Å². The van der Waals surface area contributed by atoms with Crippen molar-refractivity contribution in [1.82, 2.24) is 19.9 Å². The van der Waals surface area contributed by atoms with Crippen molar-refractivity contribution >= 4 is 23.5 Å². The second-order valence-electron chi connectivity index (χ2n) is 6.87. The molecule has 128 valence electrons. The first-order valence-corrected chi connectivity index (χ1v) is 9.40. The molecule has 0 unspecified atom stereocenters. The van der Waals surface area contributed by atoms with Crippen LogP contribution in [-0.2, 0) is 5.41 Å². The van der Waals surface area contributed by atoms with E-state index in [1.165, 1.54) is 0 Å². The molecule has 0 atom stereocenters. The minimum Gasteiger partial charge on any atom is -0.353 e. The van der Waals surface area contributed by atoms with Crippen molar-refractivity contribution in [3.8, 4) is 0 Å². The fourth-order valence-corrected chi connectivity index (χ4v) is 3.01. The van der Waals surface area contributed by atoms with E-state index in [9.17, 15) is 0 Å². The molecule has 1 saturated heterocycles. The zero-order valence-electron chi connectivity index (χ0n) is 14.7. The topological polar surface area (TPSA) is 58.0 Å². The molecule has 7 heteroatoms. The van der Waals surface area contributed by atoms with E-state index in [1.54, 1.807) is 24.2 Å². The third-order valence-electron chi connectivity index (χ3n) is 4.08. The third kappa shape index (κ3) is 3.77. The number of rotatable bonds is 3. The predicted octanol–water partition coefficient (Wildman–Crippen LogP) is 2.61. The van der Waals surface area contributed by atoms with Gasteiger partial charge in [0.2, 0.25) is 5.95 Å². The highest BCUT2D eigenvalue weighted by Crippen LogP contribution is 2.27. The van der Waals surface area contributed by atoms with Gasteiger partial charge in [-0.15, -0.1) is 0 Å². The molecule has 2 aromatic rings. The van der Waals surface area contributed by atoms with Crippen molar-refractivity contribution in [3.63, 3.8) is 0 Å². The normalized spacial score (nSPS) is 15.7. The Morgan fingerprint density at radius 2 is 1.58 bits per heavy atom. The monoisotopic (exact) mass is 344 g/mol. The molecule has 3 rings (SSSR count). The Kier molecular flexibility index (Phi) is 4.89. The van der Waals surface area contributed by atoms with Crippen molar-refractivity contribution in [2.45, 2.75) is 31.3 Å². The fraction of sp³-hybridized carbons (Fsp3) is 0.529. The van der Waals surface area contributed by atoms with Gasteiger partial charge >= 0.3 is 0 Å². The highest BCUT2D eigenvalue weighted by molar-refractivity contribution is 7.98. The zero-order valence-corrected chi connectivity index (χ0v) is 15.5. The summed E-state index contributed by atoms with van der Waals surface area (Å²) >= 11 is 1.60. The van der Waals surface area contributed by atoms with Gasteiger partial charge in [-0.25, -0.2) is 19.9 Å². The summed E-state index contributed by atoms with van der Waals surface area (Å²) in [5, 5.41) is 0.839. The van der Waals surface area contributed by atoms with Gasteiger partial charge in [0.1, 0.15) is 5.82 Å². The highest BCUT2D eigenvalue weighted by atomic mass is 32.2. The molecule has 2 aromatic heterocycles. The lowest BCUT2D eigenvalue weighted by atomic mass is 9.92. The Morgan fingerprint density at radius 3 is 2.17 bits per heavy atom. The average molecular weight is 344 g/mol. The van der Waals surface area contributed by atoms with Crippen molar-refractivity contribution < 1.29 is 0 Å². The van der Waals surface area contributed by atoms with Crippen LogP contribution in [0.3, 0.4) is 0 Å². The molecule has 24 heavy (non-hydrogen) atoms. The molecule has 0 spiro atoms. The number of hydrogen-bond donors (Lipinski definition) is 0. The SMILES string of the molecule is CSc1nc(N2CCN(c3ncccn3)CC2)cc(C(C)(C)C)n1. The Morgan fingerprint density at radius 1 is 0.958 bits per heavy atom. The lowest BCUT2D eigenvalue weighted by Gasteiger charge is -2.35. The predicted molar refractivity (Wildman–Crippen MR) is 99.0 cm³/mol. The molecule has 0 radical (unpaired) electrons.